The summed E-state index contributed by atoms with van der Waals surface area (Å²) < 4.78 is 1.98. The normalized spacial score (nSPS) is 11.9. The number of benzene rings is 4. The molecule has 8 nitrogen and oxygen atoms in total. The van der Waals surface area contributed by atoms with E-state index in [2.05, 4.69) is 42.6 Å². The second kappa shape index (κ2) is 9.73. The minimum Gasteiger partial charge on any atom is -0.506 e. The maximum absolute atomic E-state index is 10.00. The summed E-state index contributed by atoms with van der Waals surface area (Å²) in [6.45, 7) is 3.87. The SMILES string of the molecule is Cc1ccc(O)c(N=Nc2nc3ccc(-c4ccc5nc(N=Nc6cc(C)ccc6O)sc5c4)cc3s2)c1. The van der Waals surface area contributed by atoms with Crippen LogP contribution in [-0.4, -0.2) is 20.2 Å². The van der Waals surface area contributed by atoms with Gasteiger partial charge in [0, 0.05) is 0 Å². The van der Waals surface area contributed by atoms with Crippen LogP contribution in [0.1, 0.15) is 11.1 Å². The molecule has 2 aromatic heterocycles. The Morgan fingerprint density at radius 3 is 1.45 bits per heavy atom. The van der Waals surface area contributed by atoms with E-state index in [9.17, 15) is 10.2 Å². The van der Waals surface area contributed by atoms with Crippen molar-refractivity contribution in [1.29, 1.82) is 0 Å². The minimum atomic E-state index is 0.0825. The largest absolute Gasteiger partial charge is 0.506 e. The lowest BCUT2D eigenvalue weighted by Crippen LogP contribution is -1.77. The van der Waals surface area contributed by atoms with Gasteiger partial charge in [-0.2, -0.15) is 0 Å². The summed E-state index contributed by atoms with van der Waals surface area (Å²) in [7, 11) is 0. The van der Waals surface area contributed by atoms with Crippen molar-refractivity contribution in [3.63, 3.8) is 0 Å². The molecule has 0 saturated heterocycles. The number of thiazole rings is 2. The molecule has 2 heterocycles. The Hall–Kier alpha value is -4.54. The first kappa shape index (κ1) is 23.8. The second-order valence-electron chi connectivity index (χ2n) is 8.74. The lowest BCUT2D eigenvalue weighted by molar-refractivity contribution is 0.475. The number of fused-ring (bicyclic) bond motifs is 2. The van der Waals surface area contributed by atoms with E-state index >= 15 is 0 Å². The number of hydrogen-bond acceptors (Lipinski definition) is 10. The van der Waals surface area contributed by atoms with Crippen molar-refractivity contribution in [2.45, 2.75) is 13.8 Å². The molecule has 38 heavy (non-hydrogen) atoms. The van der Waals surface area contributed by atoms with Crippen molar-refractivity contribution in [2.24, 2.45) is 20.5 Å². The van der Waals surface area contributed by atoms with Gasteiger partial charge in [0.2, 0.25) is 10.3 Å². The van der Waals surface area contributed by atoms with E-state index in [-0.39, 0.29) is 11.5 Å². The summed E-state index contributed by atoms with van der Waals surface area (Å²) in [5.74, 6) is 0.165. The molecule has 0 aliphatic heterocycles. The van der Waals surface area contributed by atoms with Crippen LogP contribution in [0.25, 0.3) is 31.6 Å². The topological polar surface area (TPSA) is 116 Å². The van der Waals surface area contributed by atoms with Crippen molar-refractivity contribution in [1.82, 2.24) is 9.97 Å². The molecular formula is C28H20N6O2S2. The fourth-order valence-electron chi connectivity index (χ4n) is 3.89. The number of azo groups is 2. The third kappa shape index (κ3) is 4.86. The number of aromatic hydroxyl groups is 2. The van der Waals surface area contributed by atoms with Crippen LogP contribution in [0.15, 0.2) is 93.3 Å². The van der Waals surface area contributed by atoms with E-state index in [0.717, 1.165) is 42.7 Å². The quantitative estimate of drug-likeness (QED) is 0.213. The Bertz CT molecular complexity index is 1750. The van der Waals surface area contributed by atoms with E-state index in [1.54, 1.807) is 24.3 Å². The third-order valence-corrected chi connectivity index (χ3v) is 7.64. The maximum atomic E-state index is 10.00. The van der Waals surface area contributed by atoms with Gasteiger partial charge in [0.05, 0.1) is 20.4 Å². The highest BCUT2D eigenvalue weighted by Crippen LogP contribution is 2.37. The van der Waals surface area contributed by atoms with E-state index < -0.39 is 0 Å². The molecular weight excluding hydrogens is 516 g/mol. The van der Waals surface area contributed by atoms with Gasteiger partial charge in [-0.1, -0.05) is 46.9 Å². The Balaban J connectivity index is 1.26. The Kier molecular flexibility index (Phi) is 6.10. The van der Waals surface area contributed by atoms with Crippen LogP contribution in [0, 0.1) is 13.8 Å². The number of phenols is 2. The van der Waals surface area contributed by atoms with Crippen molar-refractivity contribution in [3.05, 3.63) is 83.9 Å². The standard InChI is InChI=1S/C28H20N6O2S2/c1-15-3-9-23(35)21(11-15)31-33-27-29-19-7-5-17(13-25(19)37-27)18-6-8-20-26(14-18)38-28(30-20)34-32-22-12-16(2)4-10-24(22)36/h3-14,35-36H,1-2H3. The summed E-state index contributed by atoms with van der Waals surface area (Å²) in [5.41, 5.74) is 6.57. The Morgan fingerprint density at radius 1 is 0.553 bits per heavy atom. The minimum absolute atomic E-state index is 0.0825. The first-order chi connectivity index (χ1) is 18.4. The van der Waals surface area contributed by atoms with Crippen molar-refractivity contribution in [2.75, 3.05) is 0 Å². The molecule has 2 N–H and O–H groups in total. The molecule has 0 bridgehead atoms. The smallest absolute Gasteiger partial charge is 0.231 e. The molecule has 0 unspecified atom stereocenters. The molecule has 186 valence electrons. The molecule has 0 atom stereocenters. The van der Waals surface area contributed by atoms with Gasteiger partial charge in [-0.25, -0.2) is 9.97 Å². The number of aromatic nitrogens is 2. The molecule has 4 aromatic carbocycles. The van der Waals surface area contributed by atoms with Crippen LogP contribution < -0.4 is 0 Å². The monoisotopic (exact) mass is 536 g/mol. The summed E-state index contributed by atoms with van der Waals surface area (Å²) in [5, 5.41) is 37.9. The average Bonchev–Trinajstić information content (AvgIpc) is 3.52. The number of aryl methyl sites for hydroxylation is 2. The average molecular weight is 537 g/mol. The highest BCUT2D eigenvalue weighted by Gasteiger charge is 2.10. The van der Waals surface area contributed by atoms with Crippen LogP contribution in [0.4, 0.5) is 21.6 Å². The highest BCUT2D eigenvalue weighted by atomic mass is 32.1. The molecule has 6 rings (SSSR count). The fraction of sp³-hybridized carbons (Fsp3) is 0.0714. The van der Waals surface area contributed by atoms with Crippen LogP contribution >= 0.6 is 22.7 Å². The highest BCUT2D eigenvalue weighted by molar-refractivity contribution is 7.22. The van der Waals surface area contributed by atoms with Crippen LogP contribution in [0.5, 0.6) is 11.5 Å². The van der Waals surface area contributed by atoms with E-state index in [1.165, 1.54) is 22.7 Å². The molecule has 0 fully saturated rings. The van der Waals surface area contributed by atoms with Crippen molar-refractivity contribution in [3.8, 4) is 22.6 Å². The first-order valence-corrected chi connectivity index (χ1v) is 13.3. The maximum Gasteiger partial charge on any atom is 0.231 e. The number of hydrogen-bond donors (Lipinski definition) is 2. The van der Waals surface area contributed by atoms with Crippen molar-refractivity contribution < 1.29 is 10.2 Å². The Labute approximate surface area is 225 Å². The lowest BCUT2D eigenvalue weighted by Gasteiger charge is -2.01. The third-order valence-electron chi connectivity index (χ3n) is 5.84. The lowest BCUT2D eigenvalue weighted by atomic mass is 10.1. The number of rotatable bonds is 5. The van der Waals surface area contributed by atoms with E-state index in [0.29, 0.717) is 21.6 Å². The predicted octanol–water partition coefficient (Wildman–Crippen LogP) is 9.43. The first-order valence-electron chi connectivity index (χ1n) is 11.7. The molecule has 0 spiro atoms. The summed E-state index contributed by atoms with van der Waals surface area (Å²) in [6, 6.07) is 22.6. The van der Waals surface area contributed by atoms with Gasteiger partial charge in [-0.15, -0.1) is 20.5 Å². The van der Waals surface area contributed by atoms with Gasteiger partial charge >= 0.3 is 0 Å². The van der Waals surface area contributed by atoms with Gasteiger partial charge in [-0.05, 0) is 84.6 Å². The second-order valence-corrected chi connectivity index (χ2v) is 10.8. The molecule has 0 aliphatic rings. The number of phenolic OH excluding ortho intramolecular Hbond substituents is 2. The zero-order valence-electron chi connectivity index (χ0n) is 20.3. The van der Waals surface area contributed by atoms with E-state index in [4.69, 9.17) is 0 Å². The Morgan fingerprint density at radius 2 is 1.00 bits per heavy atom. The van der Waals surface area contributed by atoms with E-state index in [1.807, 2.05) is 50.2 Å². The molecule has 0 amide bonds. The molecule has 10 heteroatoms. The zero-order valence-corrected chi connectivity index (χ0v) is 22.0. The van der Waals surface area contributed by atoms with Crippen molar-refractivity contribution >= 4 is 64.7 Å². The summed E-state index contributed by atoms with van der Waals surface area (Å²) in [6.07, 6.45) is 0. The predicted molar refractivity (Wildman–Crippen MR) is 152 cm³/mol. The van der Waals surface area contributed by atoms with Crippen LogP contribution in [0.2, 0.25) is 0 Å². The molecule has 6 aromatic rings. The zero-order chi connectivity index (χ0) is 26.2. The van der Waals surface area contributed by atoms with Gasteiger partial charge in [0.1, 0.15) is 22.9 Å². The van der Waals surface area contributed by atoms with Crippen LogP contribution in [-0.2, 0) is 0 Å². The molecule has 0 saturated carbocycles. The summed E-state index contributed by atoms with van der Waals surface area (Å²) >= 11 is 2.88. The number of nitrogens with zero attached hydrogens (tertiary/aromatic N) is 6. The van der Waals surface area contributed by atoms with Gasteiger partial charge in [0.25, 0.3) is 0 Å². The van der Waals surface area contributed by atoms with Gasteiger partial charge in [-0.3, -0.25) is 0 Å². The summed E-state index contributed by atoms with van der Waals surface area (Å²) in [4.78, 5) is 9.11. The molecule has 0 radical (unpaired) electrons. The van der Waals surface area contributed by atoms with Gasteiger partial charge < -0.3 is 10.2 Å². The molecule has 0 aliphatic carbocycles. The van der Waals surface area contributed by atoms with Crippen LogP contribution in [0.3, 0.4) is 0 Å². The van der Waals surface area contributed by atoms with Gasteiger partial charge in [0.15, 0.2) is 0 Å². The fourth-order valence-corrected chi connectivity index (χ4v) is 5.54.